The summed E-state index contributed by atoms with van der Waals surface area (Å²) in [7, 11) is 0. The number of carbonyl (C=O) groups is 2. The van der Waals surface area contributed by atoms with Crippen LogP contribution < -0.4 is 5.32 Å². The summed E-state index contributed by atoms with van der Waals surface area (Å²) in [6.45, 7) is -2.21. The third kappa shape index (κ3) is 6.43. The number of ether oxygens (including phenoxy) is 1. The first-order valence-corrected chi connectivity index (χ1v) is 5.43. The maximum atomic E-state index is 11.7. The fourth-order valence-corrected chi connectivity index (χ4v) is 1.53. The molecule has 1 rings (SSSR count). The van der Waals surface area contributed by atoms with Gasteiger partial charge in [0.2, 0.25) is 5.91 Å². The lowest BCUT2D eigenvalue weighted by Gasteiger charge is -2.16. The highest BCUT2D eigenvalue weighted by Gasteiger charge is 2.34. The van der Waals surface area contributed by atoms with E-state index in [2.05, 4.69) is 10.1 Å². The van der Waals surface area contributed by atoms with E-state index in [0.29, 0.717) is 0 Å². The van der Waals surface area contributed by atoms with E-state index in [0.717, 1.165) is 12.8 Å². The first kappa shape index (κ1) is 14.7. The van der Waals surface area contributed by atoms with Crippen LogP contribution in [0.4, 0.5) is 13.2 Å². The van der Waals surface area contributed by atoms with Gasteiger partial charge in [0.1, 0.15) is 13.2 Å². The number of rotatable bonds is 7. The maximum absolute atomic E-state index is 11.7. The number of aliphatic carboxylic acids is 1. The molecule has 18 heavy (non-hydrogen) atoms. The smallest absolute Gasteiger partial charge is 0.411 e. The number of hydrogen-bond donors (Lipinski definition) is 2. The van der Waals surface area contributed by atoms with Crippen molar-refractivity contribution in [1.29, 1.82) is 0 Å². The van der Waals surface area contributed by atoms with Gasteiger partial charge in [-0.15, -0.1) is 0 Å². The number of carboxylic acids is 1. The zero-order valence-corrected chi connectivity index (χ0v) is 9.50. The largest absolute Gasteiger partial charge is 0.481 e. The number of alkyl halides is 3. The number of carboxylic acid groups (broad SMARTS) is 1. The van der Waals surface area contributed by atoms with Crippen molar-refractivity contribution in [3.8, 4) is 0 Å². The summed E-state index contributed by atoms with van der Waals surface area (Å²) in [5, 5.41) is 11.0. The van der Waals surface area contributed by atoms with E-state index in [4.69, 9.17) is 5.11 Å². The third-order valence-electron chi connectivity index (χ3n) is 2.43. The summed E-state index contributed by atoms with van der Waals surface area (Å²) >= 11 is 0. The minimum atomic E-state index is -4.47. The maximum Gasteiger partial charge on any atom is 0.411 e. The first-order chi connectivity index (χ1) is 8.28. The van der Waals surface area contributed by atoms with Gasteiger partial charge in [-0.3, -0.25) is 9.59 Å². The topological polar surface area (TPSA) is 75.6 Å². The summed E-state index contributed by atoms with van der Waals surface area (Å²) in [5.74, 6) is -1.67. The van der Waals surface area contributed by atoms with Gasteiger partial charge in [0.15, 0.2) is 0 Å². The highest BCUT2D eigenvalue weighted by Crippen LogP contribution is 2.33. The van der Waals surface area contributed by atoms with Crippen LogP contribution in [0.15, 0.2) is 0 Å². The Morgan fingerprint density at radius 1 is 1.39 bits per heavy atom. The molecule has 0 radical (unpaired) electrons. The molecule has 0 bridgehead atoms. The zero-order valence-electron chi connectivity index (χ0n) is 9.50. The molecule has 0 aliphatic heterocycles. The van der Waals surface area contributed by atoms with Crippen LogP contribution in [-0.2, 0) is 14.3 Å². The van der Waals surface area contributed by atoms with Crippen molar-refractivity contribution in [3.05, 3.63) is 0 Å². The normalized spacial score (nSPS) is 17.3. The molecule has 8 heteroatoms. The summed E-state index contributed by atoms with van der Waals surface area (Å²) in [6.07, 6.45) is -3.06. The highest BCUT2D eigenvalue weighted by atomic mass is 19.4. The van der Waals surface area contributed by atoms with Gasteiger partial charge in [0.25, 0.3) is 0 Å². The molecule has 0 aromatic carbocycles. The van der Waals surface area contributed by atoms with E-state index < -0.39 is 37.3 Å². The minimum Gasteiger partial charge on any atom is -0.481 e. The van der Waals surface area contributed by atoms with Crippen LogP contribution in [0.3, 0.4) is 0 Å². The molecule has 1 atom stereocenters. The molecular formula is C10H14F3NO4. The molecule has 0 saturated heterocycles. The van der Waals surface area contributed by atoms with Gasteiger partial charge >= 0.3 is 12.1 Å². The van der Waals surface area contributed by atoms with Crippen molar-refractivity contribution < 1.29 is 32.6 Å². The van der Waals surface area contributed by atoms with Crippen molar-refractivity contribution in [2.24, 2.45) is 5.92 Å². The second-order valence-electron chi connectivity index (χ2n) is 4.22. The molecule has 2 N–H and O–H groups in total. The quantitative estimate of drug-likeness (QED) is 0.721. The molecular weight excluding hydrogens is 255 g/mol. The van der Waals surface area contributed by atoms with E-state index in [1.54, 1.807) is 0 Å². The molecule has 1 aliphatic carbocycles. The van der Waals surface area contributed by atoms with E-state index in [-0.39, 0.29) is 12.3 Å². The molecule has 104 valence electrons. The van der Waals surface area contributed by atoms with Crippen LogP contribution >= 0.6 is 0 Å². The van der Waals surface area contributed by atoms with E-state index in [1.807, 2.05) is 0 Å². The molecule has 1 unspecified atom stereocenters. The standard InChI is InChI=1S/C10H14F3NO4/c11-10(12,13)5-18-4-8(15)14-7(3-9(16)17)6-1-2-6/h6-7H,1-5H2,(H,14,15)(H,16,17). The predicted octanol–water partition coefficient (Wildman–Crippen LogP) is 0.935. The lowest BCUT2D eigenvalue weighted by Crippen LogP contribution is -2.40. The number of nitrogens with one attached hydrogen (secondary N) is 1. The SMILES string of the molecule is O=C(O)CC(NC(=O)COCC(F)(F)F)C1CC1. The molecule has 0 aromatic heterocycles. The number of carbonyl (C=O) groups excluding carboxylic acids is 1. The average molecular weight is 269 g/mol. The Morgan fingerprint density at radius 3 is 2.44 bits per heavy atom. The lowest BCUT2D eigenvalue weighted by molar-refractivity contribution is -0.175. The van der Waals surface area contributed by atoms with Crippen molar-refractivity contribution in [2.45, 2.75) is 31.5 Å². The molecule has 0 aromatic rings. The van der Waals surface area contributed by atoms with Crippen LogP contribution in [-0.4, -0.2) is 42.4 Å². The number of halogens is 3. The van der Waals surface area contributed by atoms with E-state index in [9.17, 15) is 22.8 Å². The zero-order chi connectivity index (χ0) is 13.8. The van der Waals surface area contributed by atoms with Gasteiger partial charge in [-0.25, -0.2) is 0 Å². The summed E-state index contributed by atoms with van der Waals surface area (Å²) in [6, 6.07) is -0.524. The van der Waals surface area contributed by atoms with Gasteiger partial charge in [0, 0.05) is 6.04 Å². The van der Waals surface area contributed by atoms with E-state index in [1.165, 1.54) is 0 Å². The lowest BCUT2D eigenvalue weighted by atomic mass is 10.1. The first-order valence-electron chi connectivity index (χ1n) is 5.43. The van der Waals surface area contributed by atoms with Crippen molar-refractivity contribution in [3.63, 3.8) is 0 Å². The Labute approximate surface area is 101 Å². The van der Waals surface area contributed by atoms with Gasteiger partial charge in [-0.1, -0.05) is 0 Å². The number of hydrogen-bond acceptors (Lipinski definition) is 3. The Morgan fingerprint density at radius 2 is 2.00 bits per heavy atom. The van der Waals surface area contributed by atoms with Crippen molar-refractivity contribution in [1.82, 2.24) is 5.32 Å². The predicted molar refractivity (Wildman–Crippen MR) is 53.8 cm³/mol. The molecule has 0 spiro atoms. The van der Waals surface area contributed by atoms with E-state index >= 15 is 0 Å². The molecule has 0 heterocycles. The Hall–Kier alpha value is -1.31. The monoisotopic (exact) mass is 269 g/mol. The summed E-state index contributed by atoms with van der Waals surface area (Å²) < 4.78 is 39.4. The molecule has 1 aliphatic rings. The fourth-order valence-electron chi connectivity index (χ4n) is 1.53. The van der Waals surface area contributed by atoms with Crippen LogP contribution in [0, 0.1) is 5.92 Å². The van der Waals surface area contributed by atoms with Gasteiger partial charge in [-0.05, 0) is 18.8 Å². The highest BCUT2D eigenvalue weighted by molar-refractivity contribution is 5.78. The average Bonchev–Trinajstić information content (AvgIpc) is 2.96. The van der Waals surface area contributed by atoms with Gasteiger partial charge in [0.05, 0.1) is 6.42 Å². The van der Waals surface area contributed by atoms with Crippen molar-refractivity contribution >= 4 is 11.9 Å². The third-order valence-corrected chi connectivity index (χ3v) is 2.43. The minimum absolute atomic E-state index is 0.104. The van der Waals surface area contributed by atoms with Crippen molar-refractivity contribution in [2.75, 3.05) is 13.2 Å². The second kappa shape index (κ2) is 6.03. The van der Waals surface area contributed by atoms with Crippen LogP contribution in [0.1, 0.15) is 19.3 Å². The molecule has 1 saturated carbocycles. The van der Waals surface area contributed by atoms with Gasteiger partial charge < -0.3 is 15.2 Å². The molecule has 1 fully saturated rings. The van der Waals surface area contributed by atoms with Crippen LogP contribution in [0.5, 0.6) is 0 Å². The second-order valence-corrected chi connectivity index (χ2v) is 4.22. The number of amides is 1. The van der Waals surface area contributed by atoms with Gasteiger partial charge in [-0.2, -0.15) is 13.2 Å². The summed E-state index contributed by atoms with van der Waals surface area (Å²) in [4.78, 5) is 21.8. The Bertz CT molecular complexity index is 315. The van der Waals surface area contributed by atoms with Crippen LogP contribution in [0.25, 0.3) is 0 Å². The molecule has 1 amide bonds. The Balaban J connectivity index is 2.26. The summed E-state index contributed by atoms with van der Waals surface area (Å²) in [5.41, 5.74) is 0. The van der Waals surface area contributed by atoms with Crippen LogP contribution in [0.2, 0.25) is 0 Å². The fraction of sp³-hybridized carbons (Fsp3) is 0.800. The Kier molecular flexibility index (Phi) is 4.94. The molecule has 5 nitrogen and oxygen atoms in total.